The van der Waals surface area contributed by atoms with Gasteiger partial charge in [0.1, 0.15) is 30.3 Å². The van der Waals surface area contributed by atoms with Crippen LogP contribution in [-0.2, 0) is 22.6 Å². The summed E-state index contributed by atoms with van der Waals surface area (Å²) in [6.07, 6.45) is 7.36. The van der Waals surface area contributed by atoms with E-state index in [0.29, 0.717) is 31.7 Å². The van der Waals surface area contributed by atoms with E-state index < -0.39 is 5.97 Å². The third-order valence-electron chi connectivity index (χ3n) is 8.20. The molecule has 0 saturated carbocycles. The van der Waals surface area contributed by atoms with Crippen LogP contribution in [-0.4, -0.2) is 69.8 Å². The zero-order valence-corrected chi connectivity index (χ0v) is 24.8. The lowest BCUT2D eigenvalue weighted by molar-refractivity contribution is 0.0294. The van der Waals surface area contributed by atoms with Crippen molar-refractivity contribution in [2.45, 2.75) is 58.7 Å². The SMILES string of the molecule is CCOc1c(C(=O)O)cnn1-c1cccc(C2=CCCC(C)=C2OCc2ccc3c(c2)OCCN(C2CCOCC2)C3)n1. The Kier molecular flexibility index (Phi) is 8.76. The third-order valence-corrected chi connectivity index (χ3v) is 8.20. The lowest BCUT2D eigenvalue weighted by Crippen LogP contribution is -2.40. The van der Waals surface area contributed by atoms with Crippen LogP contribution in [0.25, 0.3) is 11.4 Å². The molecule has 2 aromatic heterocycles. The summed E-state index contributed by atoms with van der Waals surface area (Å²) >= 11 is 0. The summed E-state index contributed by atoms with van der Waals surface area (Å²) in [4.78, 5) is 19.1. The van der Waals surface area contributed by atoms with Crippen molar-refractivity contribution in [1.82, 2.24) is 19.7 Å². The number of ether oxygens (including phenoxy) is 4. The van der Waals surface area contributed by atoms with E-state index in [1.165, 1.54) is 16.4 Å². The number of fused-ring (bicyclic) bond motifs is 1. The molecule has 0 atom stereocenters. The number of pyridine rings is 1. The number of hydrogen-bond donors (Lipinski definition) is 1. The average molecular weight is 587 g/mol. The van der Waals surface area contributed by atoms with Crippen molar-refractivity contribution in [2.75, 3.05) is 33.0 Å². The molecular weight excluding hydrogens is 548 g/mol. The maximum Gasteiger partial charge on any atom is 0.342 e. The number of carboxylic acid groups (broad SMARTS) is 1. The number of nitrogens with zero attached hydrogens (tertiary/aromatic N) is 4. The summed E-state index contributed by atoms with van der Waals surface area (Å²) < 4.78 is 25.3. The molecule has 1 fully saturated rings. The van der Waals surface area contributed by atoms with Gasteiger partial charge in [0.05, 0.1) is 18.5 Å². The quantitative estimate of drug-likeness (QED) is 0.352. The lowest BCUT2D eigenvalue weighted by Gasteiger charge is -2.32. The van der Waals surface area contributed by atoms with Gasteiger partial charge in [-0.1, -0.05) is 24.3 Å². The molecule has 1 N–H and O–H groups in total. The molecule has 0 radical (unpaired) electrons. The Bertz CT molecular complexity index is 1540. The third kappa shape index (κ3) is 6.30. The second-order valence-electron chi connectivity index (χ2n) is 11.1. The Balaban J connectivity index is 1.19. The Labute approximate surface area is 251 Å². The molecule has 0 bridgehead atoms. The molecule has 1 aromatic carbocycles. The monoisotopic (exact) mass is 586 g/mol. The Morgan fingerprint density at radius 3 is 2.81 bits per heavy atom. The molecule has 10 heteroatoms. The van der Waals surface area contributed by atoms with E-state index in [1.54, 1.807) is 13.0 Å². The van der Waals surface area contributed by atoms with Crippen molar-refractivity contribution >= 4 is 11.5 Å². The molecule has 0 amide bonds. The summed E-state index contributed by atoms with van der Waals surface area (Å²) in [5.41, 5.74) is 5.03. The number of carbonyl (C=O) groups is 1. The van der Waals surface area contributed by atoms with Crippen LogP contribution in [0.1, 0.15) is 66.7 Å². The molecule has 6 rings (SSSR count). The predicted molar refractivity (Wildman–Crippen MR) is 160 cm³/mol. The number of hydrogen-bond acceptors (Lipinski definition) is 8. The Hall–Kier alpha value is -4.15. The van der Waals surface area contributed by atoms with Crippen LogP contribution >= 0.6 is 0 Å². The number of benzene rings is 1. The summed E-state index contributed by atoms with van der Waals surface area (Å²) in [6, 6.07) is 12.5. The minimum atomic E-state index is -1.10. The summed E-state index contributed by atoms with van der Waals surface area (Å²) in [5, 5.41) is 13.8. The highest BCUT2D eigenvalue weighted by Crippen LogP contribution is 2.35. The fraction of sp³-hybridized carbons (Fsp3) is 0.424. The molecule has 0 spiro atoms. The van der Waals surface area contributed by atoms with Crippen molar-refractivity contribution in [1.29, 1.82) is 0 Å². The van der Waals surface area contributed by atoms with Crippen LogP contribution in [0.2, 0.25) is 0 Å². The minimum absolute atomic E-state index is 0.00766. The first-order valence-electron chi connectivity index (χ1n) is 15.0. The minimum Gasteiger partial charge on any atom is -0.492 e. The molecule has 1 saturated heterocycles. The zero-order valence-electron chi connectivity index (χ0n) is 24.8. The van der Waals surface area contributed by atoms with Gasteiger partial charge in [-0.15, -0.1) is 0 Å². The summed E-state index contributed by atoms with van der Waals surface area (Å²) in [5.74, 6) is 1.26. The second-order valence-corrected chi connectivity index (χ2v) is 11.1. The van der Waals surface area contributed by atoms with Crippen LogP contribution < -0.4 is 9.47 Å². The van der Waals surface area contributed by atoms with E-state index in [4.69, 9.17) is 23.9 Å². The maximum absolute atomic E-state index is 11.7. The van der Waals surface area contributed by atoms with Gasteiger partial charge in [0.2, 0.25) is 5.88 Å². The van der Waals surface area contributed by atoms with Gasteiger partial charge in [-0.3, -0.25) is 4.90 Å². The molecule has 10 nitrogen and oxygen atoms in total. The lowest BCUT2D eigenvalue weighted by atomic mass is 9.96. The predicted octanol–water partition coefficient (Wildman–Crippen LogP) is 5.41. The first kappa shape index (κ1) is 28.9. The van der Waals surface area contributed by atoms with Crippen molar-refractivity contribution in [2.24, 2.45) is 0 Å². The van der Waals surface area contributed by atoms with Gasteiger partial charge < -0.3 is 24.1 Å². The van der Waals surface area contributed by atoms with Crippen LogP contribution in [0.3, 0.4) is 0 Å². The highest BCUT2D eigenvalue weighted by atomic mass is 16.5. The smallest absolute Gasteiger partial charge is 0.342 e. The molecule has 2 aliphatic heterocycles. The maximum atomic E-state index is 11.7. The second kappa shape index (κ2) is 13.0. The van der Waals surface area contributed by atoms with Crippen molar-refractivity contribution < 1.29 is 28.8 Å². The van der Waals surface area contributed by atoms with Gasteiger partial charge in [-0.05, 0) is 68.9 Å². The molecule has 1 aliphatic carbocycles. The van der Waals surface area contributed by atoms with Crippen LogP contribution in [0.5, 0.6) is 11.6 Å². The Morgan fingerprint density at radius 2 is 2.00 bits per heavy atom. The van der Waals surface area contributed by atoms with Crippen molar-refractivity contribution in [3.8, 4) is 17.4 Å². The van der Waals surface area contributed by atoms with E-state index in [0.717, 1.165) is 85.9 Å². The van der Waals surface area contributed by atoms with E-state index in [2.05, 4.69) is 41.2 Å². The average Bonchev–Trinajstić information content (AvgIpc) is 3.33. The molecule has 43 heavy (non-hydrogen) atoms. The van der Waals surface area contributed by atoms with Crippen molar-refractivity contribution in [3.05, 3.63) is 82.4 Å². The highest BCUT2D eigenvalue weighted by Gasteiger charge is 2.26. The normalized spacial score (nSPS) is 18.0. The molecule has 226 valence electrons. The molecule has 3 aliphatic rings. The van der Waals surface area contributed by atoms with Gasteiger partial charge >= 0.3 is 5.97 Å². The number of aromatic carboxylic acids is 1. The summed E-state index contributed by atoms with van der Waals surface area (Å²) in [6.45, 7) is 8.74. The zero-order chi connectivity index (χ0) is 29.8. The van der Waals surface area contributed by atoms with E-state index in [9.17, 15) is 9.90 Å². The fourth-order valence-corrected chi connectivity index (χ4v) is 5.95. The number of allylic oxidation sites excluding steroid dienone is 3. The first-order valence-corrected chi connectivity index (χ1v) is 15.0. The van der Waals surface area contributed by atoms with E-state index in [-0.39, 0.29) is 11.4 Å². The molecule has 3 aromatic rings. The van der Waals surface area contributed by atoms with Gasteiger partial charge in [-0.25, -0.2) is 9.78 Å². The van der Waals surface area contributed by atoms with Gasteiger partial charge in [0.15, 0.2) is 5.82 Å². The molecular formula is C33H38N4O6. The van der Waals surface area contributed by atoms with Gasteiger partial charge in [0.25, 0.3) is 0 Å². The van der Waals surface area contributed by atoms with Crippen LogP contribution in [0.15, 0.2) is 60.0 Å². The highest BCUT2D eigenvalue weighted by molar-refractivity contribution is 5.90. The topological polar surface area (TPSA) is 108 Å². The molecule has 4 heterocycles. The van der Waals surface area contributed by atoms with Gasteiger partial charge in [0, 0.05) is 43.5 Å². The Morgan fingerprint density at radius 1 is 1.14 bits per heavy atom. The van der Waals surface area contributed by atoms with E-state index in [1.807, 2.05) is 12.1 Å². The van der Waals surface area contributed by atoms with Crippen LogP contribution in [0, 0.1) is 0 Å². The standard InChI is InChI=1S/C33H38N4O6/c1-3-41-32-27(33(38)39)19-34-37(32)30-9-5-8-28(35-30)26-7-4-6-22(2)31(26)43-21-23-10-11-24-20-36(14-17-42-29(24)18-23)25-12-15-40-16-13-25/h5,7-11,18-19,25H,3-4,6,12-17,20-21H2,1-2H3,(H,38,39). The fourth-order valence-electron chi connectivity index (χ4n) is 5.95. The first-order chi connectivity index (χ1) is 21.0. The largest absolute Gasteiger partial charge is 0.492 e. The number of rotatable bonds is 9. The van der Waals surface area contributed by atoms with Crippen molar-refractivity contribution in [3.63, 3.8) is 0 Å². The van der Waals surface area contributed by atoms with Crippen LogP contribution in [0.4, 0.5) is 0 Å². The van der Waals surface area contributed by atoms with Gasteiger partial charge in [-0.2, -0.15) is 9.78 Å². The summed E-state index contributed by atoms with van der Waals surface area (Å²) in [7, 11) is 0. The molecule has 0 unspecified atom stereocenters. The number of carboxylic acids is 1. The van der Waals surface area contributed by atoms with E-state index >= 15 is 0 Å². The number of aromatic nitrogens is 3.